The summed E-state index contributed by atoms with van der Waals surface area (Å²) < 4.78 is 155. The molecule has 0 aliphatic carbocycles. The largest absolute Gasteiger partial charge is 0.435 e. The first-order chi connectivity index (χ1) is 32.6. The third-order valence-corrected chi connectivity index (χ3v) is 11.0. The molecule has 4 aromatic carbocycles. The van der Waals surface area contributed by atoms with E-state index in [0.717, 1.165) is 31.2 Å². The van der Waals surface area contributed by atoms with E-state index < -0.39 is 63.1 Å². The van der Waals surface area contributed by atoms with E-state index >= 15 is 0 Å². The zero-order valence-corrected chi connectivity index (χ0v) is 38.5. The topological polar surface area (TPSA) is 167 Å². The Labute approximate surface area is 399 Å². The zero-order valence-electron chi connectivity index (χ0n) is 37.8. The number of carbonyl (C=O) groups excluding carboxylic acids is 2. The summed E-state index contributed by atoms with van der Waals surface area (Å²) in [5.74, 6) is -0.830. The smallest absolute Gasteiger partial charge is 0.294 e. The molecular weight excluding hydrogens is 996 g/mol. The van der Waals surface area contributed by atoms with Gasteiger partial charge >= 0.3 is 24.7 Å². The number of hydrogen-bond acceptors (Lipinski definition) is 8. The average molecular weight is 1040 g/mol. The first kappa shape index (κ1) is 56.5. The molecule has 2 unspecified atom stereocenters. The fourth-order valence-electron chi connectivity index (χ4n) is 7.14. The minimum Gasteiger partial charge on any atom is -0.294 e. The summed E-state index contributed by atoms with van der Waals surface area (Å²) in [6, 6.07) is 14.4. The van der Waals surface area contributed by atoms with Crippen molar-refractivity contribution in [3.8, 4) is 0 Å². The number of carbonyl (C=O) groups is 2. The van der Waals surface area contributed by atoms with Crippen molar-refractivity contribution in [2.75, 3.05) is 0 Å². The summed E-state index contributed by atoms with van der Waals surface area (Å²) in [6.45, 7) is 8.79. The number of Topliss-reactive ketones (excluding diaryl/α,β-unsaturated/α-hetero) is 2. The fourth-order valence-corrected chi connectivity index (χ4v) is 7.26. The van der Waals surface area contributed by atoms with Crippen LogP contribution in [0.25, 0.3) is 0 Å². The third kappa shape index (κ3) is 14.7. The van der Waals surface area contributed by atoms with Crippen molar-refractivity contribution in [1.82, 2.24) is 20.0 Å². The predicted octanol–water partition coefficient (Wildman–Crippen LogP) is 13.5. The van der Waals surface area contributed by atoms with Gasteiger partial charge in [0.1, 0.15) is 0 Å². The first-order valence-corrected chi connectivity index (χ1v) is 20.8. The lowest BCUT2D eigenvalue weighted by Gasteiger charge is -2.24. The van der Waals surface area contributed by atoms with E-state index in [9.17, 15) is 82.5 Å². The second kappa shape index (κ2) is 21.9. The number of aromatic nitrogens is 4. The lowest BCUT2D eigenvalue weighted by atomic mass is 9.91. The molecule has 12 nitrogen and oxygen atoms in total. The second-order valence-electron chi connectivity index (χ2n) is 16.0. The minimum absolute atomic E-state index is 0.0713. The van der Waals surface area contributed by atoms with E-state index in [0.29, 0.717) is 49.8 Å². The molecule has 380 valence electrons. The van der Waals surface area contributed by atoms with Crippen LogP contribution >= 0.6 is 11.6 Å². The van der Waals surface area contributed by atoms with Crippen LogP contribution in [0.5, 0.6) is 0 Å². The van der Waals surface area contributed by atoms with Gasteiger partial charge in [-0.1, -0.05) is 48.5 Å². The van der Waals surface area contributed by atoms with E-state index in [1.807, 2.05) is 0 Å². The predicted molar refractivity (Wildman–Crippen MR) is 233 cm³/mol. The quantitative estimate of drug-likeness (QED) is 0.0440. The number of nitro groups is 2. The van der Waals surface area contributed by atoms with Crippen LogP contribution < -0.4 is 0 Å². The maximum absolute atomic E-state index is 14.0. The number of hydrogen-bond donors (Lipinski definition) is 1. The Morgan fingerprint density at radius 2 is 1.01 bits per heavy atom. The lowest BCUT2D eigenvalue weighted by Crippen LogP contribution is -2.30. The van der Waals surface area contributed by atoms with Crippen molar-refractivity contribution in [3.63, 3.8) is 0 Å². The van der Waals surface area contributed by atoms with E-state index in [2.05, 4.69) is 15.3 Å². The van der Waals surface area contributed by atoms with Crippen molar-refractivity contribution >= 4 is 34.5 Å². The molecule has 0 aliphatic heterocycles. The molecule has 0 bridgehead atoms. The number of nitro benzene ring substituents is 2. The Kier molecular flexibility index (Phi) is 17.4. The SMILES string of the molecule is Cc1cc(C(Cl)C(F)(F)F)cc(C)c1CC(=O)c1cccc([N+](=O)[O-])c1.Cc1cc(C(F)(F)F)n[nH]1.Cc1cc(C(n2nc(C(F)(F)F)cc2C)C(F)(F)F)cc(C)c1CC(=O)c1cccc([N+](=O)[O-])c1. The van der Waals surface area contributed by atoms with Gasteiger partial charge in [-0.05, 0) is 98.2 Å². The number of ketones is 2. The van der Waals surface area contributed by atoms with Gasteiger partial charge < -0.3 is 0 Å². The fraction of sp³-hybridized carbons (Fsp3) is 0.304. The summed E-state index contributed by atoms with van der Waals surface area (Å²) in [5.41, 5.74) is -0.223. The molecule has 2 aromatic heterocycles. The first-order valence-electron chi connectivity index (χ1n) is 20.4. The molecule has 0 amide bonds. The van der Waals surface area contributed by atoms with Crippen LogP contribution in [-0.4, -0.2) is 53.7 Å². The van der Waals surface area contributed by atoms with Crippen LogP contribution in [-0.2, 0) is 25.2 Å². The zero-order chi connectivity index (χ0) is 53.7. The number of nitrogens with zero attached hydrogens (tertiary/aromatic N) is 5. The molecular formula is C46H39ClF12N6O6. The molecule has 2 heterocycles. The maximum atomic E-state index is 14.0. The molecule has 6 rings (SSSR count). The highest BCUT2D eigenvalue weighted by molar-refractivity contribution is 6.21. The molecule has 0 spiro atoms. The van der Waals surface area contributed by atoms with Gasteiger partial charge in [0.05, 0.1) is 9.85 Å². The Bertz CT molecular complexity index is 2900. The van der Waals surface area contributed by atoms with E-state index in [-0.39, 0.29) is 57.9 Å². The van der Waals surface area contributed by atoms with Crippen molar-refractivity contribution in [3.05, 3.63) is 184 Å². The number of aromatic amines is 1. The highest BCUT2D eigenvalue weighted by Crippen LogP contribution is 2.41. The highest BCUT2D eigenvalue weighted by atomic mass is 35.5. The van der Waals surface area contributed by atoms with Crippen LogP contribution in [0.4, 0.5) is 64.1 Å². The van der Waals surface area contributed by atoms with Gasteiger partial charge in [-0.3, -0.25) is 39.6 Å². The van der Waals surface area contributed by atoms with E-state index in [1.165, 1.54) is 75.4 Å². The number of nitrogens with one attached hydrogen (secondary N) is 1. The molecule has 0 fully saturated rings. The molecule has 1 N–H and O–H groups in total. The summed E-state index contributed by atoms with van der Waals surface area (Å²) in [4.78, 5) is 45.7. The number of H-pyrrole nitrogens is 1. The minimum atomic E-state index is -4.96. The molecule has 2 atom stereocenters. The number of alkyl halides is 13. The van der Waals surface area contributed by atoms with Gasteiger partial charge in [0, 0.05) is 59.6 Å². The summed E-state index contributed by atoms with van der Waals surface area (Å²) in [5, 5.41) is 28.1. The molecule has 25 heteroatoms. The second-order valence-corrected chi connectivity index (χ2v) is 16.4. The number of non-ortho nitro benzene ring substituents is 2. The molecule has 0 saturated heterocycles. The molecule has 0 aliphatic rings. The lowest BCUT2D eigenvalue weighted by molar-refractivity contribution is -0.385. The van der Waals surface area contributed by atoms with Gasteiger partial charge in [0.25, 0.3) is 11.4 Å². The molecule has 6 aromatic rings. The molecule has 71 heavy (non-hydrogen) atoms. The van der Waals surface area contributed by atoms with Gasteiger partial charge in [-0.15, -0.1) is 11.6 Å². The number of rotatable bonds is 11. The van der Waals surface area contributed by atoms with Crippen LogP contribution in [0.2, 0.25) is 0 Å². The van der Waals surface area contributed by atoms with E-state index in [1.54, 1.807) is 13.8 Å². The van der Waals surface area contributed by atoms with Crippen molar-refractivity contribution < 1.29 is 72.1 Å². The molecule has 0 saturated carbocycles. The Morgan fingerprint density at radius 1 is 0.606 bits per heavy atom. The van der Waals surface area contributed by atoms with Gasteiger partial charge in [0.15, 0.2) is 34.4 Å². The summed E-state index contributed by atoms with van der Waals surface area (Å²) in [6.07, 6.45) is -19.1. The van der Waals surface area contributed by atoms with Crippen LogP contribution in [0.3, 0.4) is 0 Å². The standard InChI is InChI=1S/C23H19F6N3O3.C18H15ClF3NO3.C5H5F3N2/c1-12-7-16(21(23(27,28)29)31-14(3)9-20(30-31)22(24,25)26)8-13(2)18(12)11-19(33)15-5-4-6-17(10-15)32(34)35;1-10-6-13(17(19)18(20,21)22)7-11(2)15(10)9-16(24)12-4-3-5-14(8-12)23(25)26;1-3-2-4(10-9-3)5(6,7)8/h4-10,21H,11H2,1-3H3;3-8,17H,9H2,1-2H3;2H,1H3,(H,9,10). The number of aryl methyl sites for hydroxylation is 6. The Morgan fingerprint density at radius 3 is 1.32 bits per heavy atom. The van der Waals surface area contributed by atoms with Gasteiger partial charge in [0.2, 0.25) is 0 Å². The van der Waals surface area contributed by atoms with Crippen LogP contribution in [0.1, 0.15) is 99.4 Å². The monoisotopic (exact) mass is 1030 g/mol. The van der Waals surface area contributed by atoms with Crippen molar-refractivity contribution in [2.45, 2.75) is 90.5 Å². The van der Waals surface area contributed by atoms with Crippen molar-refractivity contribution in [2.24, 2.45) is 0 Å². The maximum Gasteiger partial charge on any atom is 0.435 e. The Balaban J connectivity index is 0.000000265. The number of benzene rings is 4. The summed E-state index contributed by atoms with van der Waals surface area (Å²) >= 11 is 5.47. The van der Waals surface area contributed by atoms with Crippen LogP contribution in [0, 0.1) is 61.8 Å². The normalized spacial score (nSPS) is 12.8. The van der Waals surface area contributed by atoms with Crippen LogP contribution in [0.15, 0.2) is 84.9 Å². The Hall–Kier alpha value is -7.11. The van der Waals surface area contributed by atoms with E-state index in [4.69, 9.17) is 11.6 Å². The van der Waals surface area contributed by atoms with Gasteiger partial charge in [-0.25, -0.2) is 0 Å². The van der Waals surface area contributed by atoms with Gasteiger partial charge in [-0.2, -0.15) is 62.9 Å². The number of halogens is 13. The summed E-state index contributed by atoms with van der Waals surface area (Å²) in [7, 11) is 0. The van der Waals surface area contributed by atoms with Crippen molar-refractivity contribution in [1.29, 1.82) is 0 Å². The highest BCUT2D eigenvalue weighted by Gasteiger charge is 2.46. The average Bonchev–Trinajstić information content (AvgIpc) is 3.88. The molecule has 0 radical (unpaired) electrons. The third-order valence-electron chi connectivity index (χ3n) is 10.5.